The van der Waals surface area contributed by atoms with Gasteiger partial charge in [0.25, 0.3) is 11.6 Å². The molecule has 0 bridgehead atoms. The summed E-state index contributed by atoms with van der Waals surface area (Å²) < 4.78 is 0. The summed E-state index contributed by atoms with van der Waals surface area (Å²) in [4.78, 5) is 50.2. The molecule has 0 radical (unpaired) electrons. The Kier molecular flexibility index (Phi) is 6.47. The third-order valence-electron chi connectivity index (χ3n) is 4.54. The number of hydrogen-bond donors (Lipinski definition) is 1. The molecule has 1 N–H and O–H groups in total. The molecule has 1 aromatic rings. The van der Waals surface area contributed by atoms with Crippen LogP contribution in [0, 0.1) is 32.8 Å². The van der Waals surface area contributed by atoms with E-state index in [4.69, 9.17) is 10.5 Å². The maximum atomic E-state index is 12.9. The van der Waals surface area contributed by atoms with Crippen LogP contribution in [0.3, 0.4) is 0 Å². The largest absolute Gasteiger partial charge is 0.339 e. The SMILES string of the molecule is CC1(c2cccc([N+](=O)[O-])c2)NC(=O)N(CC(=O)N(CCC#N)CCC#N)C1=O. The number of rotatable bonds is 8. The molecule has 0 aromatic heterocycles. The minimum atomic E-state index is -1.56. The first-order valence-corrected chi connectivity index (χ1v) is 8.65. The molecular formula is C18H18N6O5. The standard InChI is InChI=1S/C18H18N6O5/c1-18(13-5-2-6-14(11-13)24(28)29)16(26)23(17(27)21-18)12-15(25)22(9-3-7-19)10-4-8-20/h2,5-6,11H,3-4,9-10,12H2,1H3,(H,21,27). The van der Waals surface area contributed by atoms with Crippen LogP contribution < -0.4 is 5.32 Å². The van der Waals surface area contributed by atoms with Crippen molar-refractivity contribution >= 4 is 23.5 Å². The highest BCUT2D eigenvalue weighted by atomic mass is 16.6. The number of nitrogens with one attached hydrogen (secondary N) is 1. The molecule has 1 atom stereocenters. The van der Waals surface area contributed by atoms with E-state index in [1.54, 1.807) is 0 Å². The molecule has 1 fully saturated rings. The minimum absolute atomic E-state index is 0.0444. The number of carbonyl (C=O) groups is 3. The van der Waals surface area contributed by atoms with Gasteiger partial charge in [-0.05, 0) is 12.5 Å². The lowest BCUT2D eigenvalue weighted by Crippen LogP contribution is -2.45. The van der Waals surface area contributed by atoms with Crippen LogP contribution in [-0.4, -0.2) is 52.2 Å². The Balaban J connectivity index is 2.22. The highest BCUT2D eigenvalue weighted by Crippen LogP contribution is 2.30. The van der Waals surface area contributed by atoms with E-state index < -0.39 is 34.9 Å². The number of non-ortho nitro benzene ring substituents is 1. The van der Waals surface area contributed by atoms with Crippen molar-refractivity contribution in [1.29, 1.82) is 10.5 Å². The molecule has 0 aliphatic carbocycles. The minimum Gasteiger partial charge on any atom is -0.339 e. The fraction of sp³-hybridized carbons (Fsp3) is 0.389. The number of nitro benzene ring substituents is 1. The van der Waals surface area contributed by atoms with E-state index in [1.165, 1.54) is 36.1 Å². The zero-order chi connectivity index (χ0) is 21.6. The van der Waals surface area contributed by atoms with Gasteiger partial charge in [0.15, 0.2) is 0 Å². The van der Waals surface area contributed by atoms with Crippen molar-refractivity contribution in [2.75, 3.05) is 19.6 Å². The van der Waals surface area contributed by atoms with E-state index in [1.807, 2.05) is 12.1 Å². The third-order valence-corrected chi connectivity index (χ3v) is 4.54. The molecule has 1 unspecified atom stereocenters. The molecule has 0 saturated carbocycles. The van der Waals surface area contributed by atoms with E-state index in [2.05, 4.69) is 5.32 Å². The average molecular weight is 398 g/mol. The normalized spacial score (nSPS) is 18.0. The zero-order valence-corrected chi connectivity index (χ0v) is 15.6. The Bertz CT molecular complexity index is 915. The van der Waals surface area contributed by atoms with Crippen molar-refractivity contribution in [3.05, 3.63) is 39.9 Å². The number of nitriles is 2. The van der Waals surface area contributed by atoms with Crippen LogP contribution in [0.4, 0.5) is 10.5 Å². The van der Waals surface area contributed by atoms with Crippen molar-refractivity contribution < 1.29 is 19.3 Å². The molecule has 1 aliphatic heterocycles. The molecule has 1 aromatic carbocycles. The number of carbonyl (C=O) groups excluding carboxylic acids is 3. The van der Waals surface area contributed by atoms with Crippen molar-refractivity contribution in [3.8, 4) is 12.1 Å². The first kappa shape index (κ1) is 21.3. The van der Waals surface area contributed by atoms with E-state index >= 15 is 0 Å². The van der Waals surface area contributed by atoms with Gasteiger partial charge >= 0.3 is 6.03 Å². The van der Waals surface area contributed by atoms with Crippen molar-refractivity contribution in [2.45, 2.75) is 25.3 Å². The maximum absolute atomic E-state index is 12.9. The fourth-order valence-electron chi connectivity index (χ4n) is 2.93. The van der Waals surface area contributed by atoms with Crippen LogP contribution in [-0.2, 0) is 15.1 Å². The Hall–Kier alpha value is -3.99. The zero-order valence-electron chi connectivity index (χ0n) is 15.6. The van der Waals surface area contributed by atoms with Crippen molar-refractivity contribution in [2.24, 2.45) is 0 Å². The molecule has 29 heavy (non-hydrogen) atoms. The van der Waals surface area contributed by atoms with Gasteiger partial charge in [0, 0.05) is 25.2 Å². The van der Waals surface area contributed by atoms with Crippen LogP contribution in [0.5, 0.6) is 0 Å². The number of benzene rings is 1. The number of amides is 4. The second kappa shape index (κ2) is 8.80. The monoisotopic (exact) mass is 398 g/mol. The lowest BCUT2D eigenvalue weighted by Gasteiger charge is -2.24. The number of hydrogen-bond acceptors (Lipinski definition) is 7. The predicted octanol–water partition coefficient (Wildman–Crippen LogP) is 1.02. The van der Waals surface area contributed by atoms with E-state index in [9.17, 15) is 24.5 Å². The Morgan fingerprint density at radius 1 is 1.28 bits per heavy atom. The Morgan fingerprint density at radius 2 is 1.90 bits per heavy atom. The summed E-state index contributed by atoms with van der Waals surface area (Å²) in [5.41, 5.74) is -1.58. The van der Waals surface area contributed by atoms with Crippen LogP contribution in [0.1, 0.15) is 25.3 Å². The molecule has 2 rings (SSSR count). The van der Waals surface area contributed by atoms with Gasteiger partial charge in [0.2, 0.25) is 5.91 Å². The van der Waals surface area contributed by atoms with Crippen molar-refractivity contribution in [1.82, 2.24) is 15.1 Å². The number of nitrogens with zero attached hydrogens (tertiary/aromatic N) is 5. The van der Waals surface area contributed by atoms with E-state index in [-0.39, 0.29) is 37.2 Å². The van der Waals surface area contributed by atoms with Gasteiger partial charge in [0.05, 0.1) is 29.9 Å². The second-order valence-corrected chi connectivity index (χ2v) is 6.45. The second-order valence-electron chi connectivity index (χ2n) is 6.45. The third kappa shape index (κ3) is 4.47. The number of urea groups is 1. The fourth-order valence-corrected chi connectivity index (χ4v) is 2.93. The summed E-state index contributed by atoms with van der Waals surface area (Å²) in [6, 6.07) is 8.32. The molecule has 0 spiro atoms. The van der Waals surface area contributed by atoms with Gasteiger partial charge in [-0.25, -0.2) is 4.79 Å². The smallest absolute Gasteiger partial charge is 0.325 e. The number of imide groups is 1. The quantitative estimate of drug-likeness (QED) is 0.388. The van der Waals surface area contributed by atoms with Gasteiger partial charge in [-0.3, -0.25) is 24.6 Å². The Morgan fingerprint density at radius 3 is 2.45 bits per heavy atom. The van der Waals surface area contributed by atoms with Crippen LogP contribution in [0.2, 0.25) is 0 Å². The first-order valence-electron chi connectivity index (χ1n) is 8.65. The molecule has 150 valence electrons. The van der Waals surface area contributed by atoms with Crippen LogP contribution >= 0.6 is 0 Å². The van der Waals surface area contributed by atoms with E-state index in [0.29, 0.717) is 0 Å². The molecular weight excluding hydrogens is 380 g/mol. The summed E-state index contributed by atoms with van der Waals surface area (Å²) >= 11 is 0. The highest BCUT2D eigenvalue weighted by Gasteiger charge is 2.50. The summed E-state index contributed by atoms with van der Waals surface area (Å²) in [6.45, 7) is 0.984. The van der Waals surface area contributed by atoms with Gasteiger partial charge in [-0.15, -0.1) is 0 Å². The lowest BCUT2D eigenvalue weighted by atomic mass is 9.91. The highest BCUT2D eigenvalue weighted by molar-refractivity contribution is 6.09. The summed E-state index contributed by atoms with van der Waals surface area (Å²) in [7, 11) is 0. The summed E-state index contributed by atoms with van der Waals surface area (Å²) in [5, 5.41) is 30.9. The van der Waals surface area contributed by atoms with Gasteiger partial charge in [-0.2, -0.15) is 10.5 Å². The topological polar surface area (TPSA) is 160 Å². The first-order chi connectivity index (χ1) is 13.7. The molecule has 1 heterocycles. The number of nitro groups is 1. The molecule has 1 saturated heterocycles. The Labute approximate surface area is 166 Å². The average Bonchev–Trinajstić information content (AvgIpc) is 2.92. The molecule has 11 nitrogen and oxygen atoms in total. The summed E-state index contributed by atoms with van der Waals surface area (Å²) in [5.74, 6) is -1.31. The maximum Gasteiger partial charge on any atom is 0.325 e. The summed E-state index contributed by atoms with van der Waals surface area (Å²) in [6.07, 6.45) is 0.0887. The van der Waals surface area contributed by atoms with Crippen molar-refractivity contribution in [3.63, 3.8) is 0 Å². The lowest BCUT2D eigenvalue weighted by molar-refractivity contribution is -0.385. The van der Waals surface area contributed by atoms with Gasteiger partial charge in [0.1, 0.15) is 12.1 Å². The molecule has 4 amide bonds. The van der Waals surface area contributed by atoms with Crippen LogP contribution in [0.25, 0.3) is 0 Å². The van der Waals surface area contributed by atoms with Gasteiger partial charge < -0.3 is 10.2 Å². The molecule has 1 aliphatic rings. The van der Waals surface area contributed by atoms with Gasteiger partial charge in [-0.1, -0.05) is 12.1 Å². The predicted molar refractivity (Wildman–Crippen MR) is 97.7 cm³/mol. The van der Waals surface area contributed by atoms with Crippen LogP contribution in [0.15, 0.2) is 24.3 Å². The molecule has 11 heteroatoms. The van der Waals surface area contributed by atoms with E-state index in [0.717, 1.165) is 4.90 Å².